The molecule has 8 nitrogen and oxygen atoms in total. The first-order chi connectivity index (χ1) is 16.2. The van der Waals surface area contributed by atoms with Crippen LogP contribution in [0.2, 0.25) is 0 Å². The first-order valence-electron chi connectivity index (χ1n) is 11.1. The molecule has 5 rings (SSSR count). The number of cyclic esters (lactones) is 2. The van der Waals surface area contributed by atoms with Crippen molar-refractivity contribution in [2.75, 3.05) is 12.4 Å². The third-order valence-corrected chi connectivity index (χ3v) is 6.60. The van der Waals surface area contributed by atoms with Crippen LogP contribution in [0.15, 0.2) is 53.1 Å². The fraction of sp³-hybridized carbons (Fsp3) is 0.346. The van der Waals surface area contributed by atoms with E-state index in [4.69, 9.17) is 18.7 Å². The number of nitrogens with one attached hydrogen (secondary N) is 1. The number of carbonyl (C=O) groups excluding carboxylic acids is 2. The van der Waals surface area contributed by atoms with Crippen LogP contribution < -0.4 is 10.1 Å². The van der Waals surface area contributed by atoms with Crippen LogP contribution in [0.5, 0.6) is 5.75 Å². The first kappa shape index (κ1) is 22.0. The van der Waals surface area contributed by atoms with Crippen LogP contribution in [0.1, 0.15) is 53.8 Å². The molecule has 1 aromatic heterocycles. The van der Waals surface area contributed by atoms with Crippen LogP contribution in [0, 0.1) is 19.3 Å². The van der Waals surface area contributed by atoms with Crippen LogP contribution >= 0.6 is 0 Å². The molecule has 0 radical (unpaired) electrons. The van der Waals surface area contributed by atoms with Gasteiger partial charge in [0.25, 0.3) is 5.79 Å². The molecule has 2 aliphatic heterocycles. The monoisotopic (exact) mass is 462 g/mol. The number of aromatic nitrogens is 1. The van der Waals surface area contributed by atoms with Gasteiger partial charge in [0.1, 0.15) is 5.75 Å². The summed E-state index contributed by atoms with van der Waals surface area (Å²) in [6, 6.07) is 14.0. The molecule has 2 unspecified atom stereocenters. The second-order valence-electron chi connectivity index (χ2n) is 9.25. The average Bonchev–Trinajstić information content (AvgIpc) is 3.17. The molecule has 34 heavy (non-hydrogen) atoms. The number of carbonyl (C=O) groups is 2. The summed E-state index contributed by atoms with van der Waals surface area (Å²) in [7, 11) is 1.58. The van der Waals surface area contributed by atoms with Crippen molar-refractivity contribution in [1.82, 2.24) is 5.16 Å². The first-order valence-corrected chi connectivity index (χ1v) is 11.1. The van der Waals surface area contributed by atoms with Gasteiger partial charge in [-0.3, -0.25) is 9.59 Å². The van der Waals surface area contributed by atoms with Crippen molar-refractivity contribution in [3.63, 3.8) is 0 Å². The summed E-state index contributed by atoms with van der Waals surface area (Å²) in [5.74, 6) is -2.44. The number of esters is 2. The maximum Gasteiger partial charge on any atom is 0.330 e. The number of anilines is 1. The lowest BCUT2D eigenvalue weighted by molar-refractivity contribution is -0.254. The van der Waals surface area contributed by atoms with E-state index in [2.05, 4.69) is 10.5 Å². The van der Waals surface area contributed by atoms with E-state index in [0.717, 1.165) is 11.1 Å². The molecule has 3 heterocycles. The molecular formula is C26H26N2O6. The summed E-state index contributed by atoms with van der Waals surface area (Å²) < 4.78 is 22.4. The Kier molecular flexibility index (Phi) is 4.93. The van der Waals surface area contributed by atoms with Gasteiger partial charge in [0.15, 0.2) is 0 Å². The zero-order valence-electron chi connectivity index (χ0n) is 19.7. The standard InChI is InChI=1S/C26H26N2O6/c1-14-6-8-17(9-7-14)21-26(23(29)32-25(3,4)33-24(26)30)20(16-10-12-18(31-5)13-11-16)19-15(2)28-34-22(19)27-21/h6-13,20-21,27H,1-5H3. The van der Waals surface area contributed by atoms with Gasteiger partial charge in [0.05, 0.1) is 18.8 Å². The van der Waals surface area contributed by atoms with Crippen LogP contribution in [-0.2, 0) is 19.1 Å². The third kappa shape index (κ3) is 3.16. The Hall–Kier alpha value is -3.81. The zero-order chi connectivity index (χ0) is 24.3. The molecule has 2 atom stereocenters. The van der Waals surface area contributed by atoms with Gasteiger partial charge in [0, 0.05) is 25.3 Å². The highest BCUT2D eigenvalue weighted by Gasteiger charge is 2.68. The van der Waals surface area contributed by atoms with Gasteiger partial charge >= 0.3 is 11.9 Å². The molecule has 1 N–H and O–H groups in total. The van der Waals surface area contributed by atoms with Crippen LogP contribution in [0.25, 0.3) is 0 Å². The van der Waals surface area contributed by atoms with Crippen LogP contribution in [0.3, 0.4) is 0 Å². The quantitative estimate of drug-likeness (QED) is 0.451. The number of ether oxygens (including phenoxy) is 3. The van der Waals surface area contributed by atoms with E-state index in [1.807, 2.05) is 43.3 Å². The molecule has 3 aromatic rings. The van der Waals surface area contributed by atoms with Crippen molar-refractivity contribution in [3.05, 3.63) is 76.5 Å². The lowest BCUT2D eigenvalue weighted by Crippen LogP contribution is -2.61. The van der Waals surface area contributed by atoms with Gasteiger partial charge in [0.2, 0.25) is 11.3 Å². The summed E-state index contributed by atoms with van der Waals surface area (Å²) in [5, 5.41) is 7.41. The summed E-state index contributed by atoms with van der Waals surface area (Å²) in [4.78, 5) is 27.9. The summed E-state index contributed by atoms with van der Waals surface area (Å²) in [6.45, 7) is 6.85. The number of hydrogen-bond donors (Lipinski definition) is 1. The Labute approximate surface area is 197 Å². The van der Waals surface area contributed by atoms with Crippen molar-refractivity contribution in [1.29, 1.82) is 0 Å². The van der Waals surface area contributed by atoms with E-state index in [1.54, 1.807) is 40.0 Å². The fourth-order valence-electron chi connectivity index (χ4n) is 4.98. The minimum Gasteiger partial charge on any atom is -0.497 e. The Morgan fingerprint density at radius 2 is 1.50 bits per heavy atom. The number of aryl methyl sites for hydroxylation is 2. The number of benzene rings is 2. The summed E-state index contributed by atoms with van der Waals surface area (Å²) in [5.41, 5.74) is 1.89. The van der Waals surface area contributed by atoms with Crippen LogP contribution in [-0.4, -0.2) is 30.0 Å². The van der Waals surface area contributed by atoms with Gasteiger partial charge in [-0.05, 0) is 37.1 Å². The highest BCUT2D eigenvalue weighted by atomic mass is 16.7. The molecule has 1 saturated heterocycles. The predicted octanol–water partition coefficient (Wildman–Crippen LogP) is 4.42. The number of nitrogens with zero attached hydrogens (tertiary/aromatic N) is 1. The van der Waals surface area contributed by atoms with Gasteiger partial charge in [-0.2, -0.15) is 0 Å². The SMILES string of the molecule is COc1ccc(C2c3c(C)noc3NC(c3ccc(C)cc3)C23C(=O)OC(C)(C)OC3=O)cc1. The third-order valence-electron chi connectivity index (χ3n) is 6.60. The summed E-state index contributed by atoms with van der Waals surface area (Å²) in [6.07, 6.45) is 0. The van der Waals surface area contributed by atoms with E-state index in [1.165, 1.54) is 0 Å². The Morgan fingerprint density at radius 1 is 0.912 bits per heavy atom. The maximum absolute atomic E-state index is 14.0. The lowest BCUT2D eigenvalue weighted by Gasteiger charge is -2.49. The highest BCUT2D eigenvalue weighted by Crippen LogP contribution is 2.59. The molecule has 0 saturated carbocycles. The Morgan fingerprint density at radius 3 is 2.09 bits per heavy atom. The number of fused-ring (bicyclic) bond motifs is 1. The van der Waals surface area contributed by atoms with Crippen LogP contribution in [0.4, 0.5) is 5.88 Å². The molecule has 2 aliphatic rings. The van der Waals surface area contributed by atoms with Crippen molar-refractivity contribution < 1.29 is 28.3 Å². The molecule has 176 valence electrons. The fourth-order valence-corrected chi connectivity index (χ4v) is 4.98. The number of methoxy groups -OCH3 is 1. The van der Waals surface area contributed by atoms with Gasteiger partial charge in [-0.15, -0.1) is 0 Å². The van der Waals surface area contributed by atoms with Crippen molar-refractivity contribution >= 4 is 17.8 Å². The minimum absolute atomic E-state index is 0.403. The van der Waals surface area contributed by atoms with Gasteiger partial charge < -0.3 is 24.1 Å². The molecule has 8 heteroatoms. The van der Waals surface area contributed by atoms with E-state index >= 15 is 0 Å². The minimum atomic E-state index is -1.76. The zero-order valence-corrected chi connectivity index (χ0v) is 19.7. The number of hydrogen-bond acceptors (Lipinski definition) is 8. The van der Waals surface area contributed by atoms with Crippen molar-refractivity contribution in [2.45, 2.75) is 45.4 Å². The predicted molar refractivity (Wildman–Crippen MR) is 122 cm³/mol. The second kappa shape index (κ2) is 7.62. The molecular weight excluding hydrogens is 436 g/mol. The van der Waals surface area contributed by atoms with Gasteiger partial charge in [-0.25, -0.2) is 0 Å². The smallest absolute Gasteiger partial charge is 0.330 e. The largest absolute Gasteiger partial charge is 0.497 e. The highest BCUT2D eigenvalue weighted by molar-refractivity contribution is 6.06. The molecule has 0 aliphatic carbocycles. The molecule has 2 aromatic carbocycles. The van der Waals surface area contributed by atoms with Crippen molar-refractivity contribution in [2.24, 2.45) is 5.41 Å². The topological polar surface area (TPSA) is 99.9 Å². The maximum atomic E-state index is 14.0. The van der Waals surface area contributed by atoms with E-state index in [-0.39, 0.29) is 0 Å². The number of rotatable bonds is 3. The Bertz CT molecular complexity index is 1240. The molecule has 0 bridgehead atoms. The molecule has 1 spiro atoms. The second-order valence-corrected chi connectivity index (χ2v) is 9.25. The lowest BCUT2D eigenvalue weighted by atomic mass is 9.60. The average molecular weight is 463 g/mol. The molecule has 1 fully saturated rings. The van der Waals surface area contributed by atoms with Crippen molar-refractivity contribution in [3.8, 4) is 5.75 Å². The van der Waals surface area contributed by atoms with Gasteiger partial charge in [-0.1, -0.05) is 47.1 Å². The Balaban J connectivity index is 1.81. The van der Waals surface area contributed by atoms with E-state index in [9.17, 15) is 9.59 Å². The van der Waals surface area contributed by atoms with E-state index < -0.39 is 35.1 Å². The normalized spacial score (nSPS) is 22.4. The molecule has 0 amide bonds. The summed E-state index contributed by atoms with van der Waals surface area (Å²) >= 11 is 0. The van der Waals surface area contributed by atoms with E-state index in [0.29, 0.717) is 28.5 Å².